The molecule has 118 valence electrons. The molecule has 1 aromatic heterocycles. The van der Waals surface area contributed by atoms with E-state index >= 15 is 0 Å². The van der Waals surface area contributed by atoms with Crippen molar-refractivity contribution in [2.75, 3.05) is 20.2 Å². The van der Waals surface area contributed by atoms with Crippen molar-refractivity contribution < 1.29 is 4.74 Å². The summed E-state index contributed by atoms with van der Waals surface area (Å²) < 4.78 is 5.33. The summed E-state index contributed by atoms with van der Waals surface area (Å²) in [6.45, 7) is 5.08. The zero-order chi connectivity index (χ0) is 14.5. The Morgan fingerprint density at radius 2 is 2.00 bits per heavy atom. The number of rotatable bonds is 7. The van der Waals surface area contributed by atoms with Gasteiger partial charge in [0, 0.05) is 24.6 Å². The van der Waals surface area contributed by atoms with E-state index in [1.54, 1.807) is 7.11 Å². The van der Waals surface area contributed by atoms with Crippen LogP contribution < -0.4 is 5.32 Å². The number of nitrogens with one attached hydrogen (secondary N) is 1. The van der Waals surface area contributed by atoms with Crippen molar-refractivity contribution in [1.82, 2.24) is 15.2 Å². The Balaban J connectivity index is 1.60. The van der Waals surface area contributed by atoms with E-state index in [0.717, 1.165) is 18.8 Å². The van der Waals surface area contributed by atoms with Gasteiger partial charge in [-0.05, 0) is 38.8 Å². The number of hydrogen-bond donors (Lipinski definition) is 1. The second-order valence-corrected chi connectivity index (χ2v) is 7.42. The number of hydrogen-bond acceptors (Lipinski definition) is 5. The van der Waals surface area contributed by atoms with Gasteiger partial charge in [-0.2, -0.15) is 0 Å². The highest BCUT2D eigenvalue weighted by atomic mass is 32.1. The first-order chi connectivity index (χ1) is 10.3. The van der Waals surface area contributed by atoms with E-state index in [1.807, 2.05) is 11.3 Å². The molecule has 0 bridgehead atoms. The maximum absolute atomic E-state index is 5.33. The molecule has 0 unspecified atom stereocenters. The quantitative estimate of drug-likeness (QED) is 0.840. The molecule has 5 heteroatoms. The standard InChI is InChI=1S/C16H27N3OS/c1-20-12-14-15(10-17-13-6-2-3-7-13)21-16(18-14)11-19-8-4-5-9-19/h13,17H,2-12H2,1H3. The van der Waals surface area contributed by atoms with Crippen molar-refractivity contribution in [3.8, 4) is 0 Å². The van der Waals surface area contributed by atoms with Gasteiger partial charge in [0.15, 0.2) is 0 Å². The van der Waals surface area contributed by atoms with Crippen molar-refractivity contribution in [1.29, 1.82) is 0 Å². The van der Waals surface area contributed by atoms with E-state index in [9.17, 15) is 0 Å². The molecule has 2 aliphatic rings. The lowest BCUT2D eigenvalue weighted by atomic mass is 10.2. The monoisotopic (exact) mass is 309 g/mol. The molecule has 0 radical (unpaired) electrons. The van der Waals surface area contributed by atoms with Crippen molar-refractivity contribution in [3.63, 3.8) is 0 Å². The van der Waals surface area contributed by atoms with Crippen molar-refractivity contribution >= 4 is 11.3 Å². The van der Waals surface area contributed by atoms with Crippen LogP contribution in [0.1, 0.15) is 54.1 Å². The molecule has 4 nitrogen and oxygen atoms in total. The van der Waals surface area contributed by atoms with E-state index in [2.05, 4.69) is 10.2 Å². The summed E-state index contributed by atoms with van der Waals surface area (Å²) in [7, 11) is 1.76. The lowest BCUT2D eigenvalue weighted by Gasteiger charge is -2.11. The second kappa shape index (κ2) is 7.68. The highest BCUT2D eigenvalue weighted by Crippen LogP contribution is 2.24. The van der Waals surface area contributed by atoms with Crippen molar-refractivity contribution in [2.24, 2.45) is 0 Å². The van der Waals surface area contributed by atoms with Gasteiger partial charge in [0.05, 0.1) is 18.8 Å². The van der Waals surface area contributed by atoms with Crippen LogP contribution in [0.4, 0.5) is 0 Å². The fourth-order valence-corrected chi connectivity index (χ4v) is 4.46. The predicted octanol–water partition coefficient (Wildman–Crippen LogP) is 2.92. The van der Waals surface area contributed by atoms with Gasteiger partial charge < -0.3 is 10.1 Å². The van der Waals surface area contributed by atoms with Crippen molar-refractivity contribution in [2.45, 2.75) is 64.3 Å². The van der Waals surface area contributed by atoms with Gasteiger partial charge in [0.25, 0.3) is 0 Å². The molecule has 0 atom stereocenters. The molecule has 21 heavy (non-hydrogen) atoms. The third-order valence-electron chi connectivity index (χ3n) is 4.57. The molecule has 0 aromatic carbocycles. The first kappa shape index (κ1) is 15.4. The molecule has 3 rings (SSSR count). The Labute approximate surface area is 131 Å². The lowest BCUT2D eigenvalue weighted by molar-refractivity contribution is 0.181. The molecule has 1 saturated carbocycles. The van der Waals surface area contributed by atoms with E-state index in [4.69, 9.17) is 9.72 Å². The average Bonchev–Trinajstić information content (AvgIpc) is 3.20. The summed E-state index contributed by atoms with van der Waals surface area (Å²) in [6, 6.07) is 0.713. The number of likely N-dealkylation sites (tertiary alicyclic amines) is 1. The fourth-order valence-electron chi connectivity index (χ4n) is 3.39. The predicted molar refractivity (Wildman–Crippen MR) is 86.4 cm³/mol. The summed E-state index contributed by atoms with van der Waals surface area (Å²) in [5.74, 6) is 0. The van der Waals surface area contributed by atoms with Crippen LogP contribution in [0.15, 0.2) is 0 Å². The minimum atomic E-state index is 0.637. The molecule has 1 aliphatic heterocycles. The molecule has 0 amide bonds. The summed E-state index contributed by atoms with van der Waals surface area (Å²) in [6.07, 6.45) is 8.11. The second-order valence-electron chi connectivity index (χ2n) is 6.26. The Bertz CT molecular complexity index is 437. The average molecular weight is 309 g/mol. The van der Waals surface area contributed by atoms with Crippen LogP contribution in [-0.2, 0) is 24.4 Å². The maximum Gasteiger partial charge on any atom is 0.107 e. The normalized spacial score (nSPS) is 20.6. The van der Waals surface area contributed by atoms with Gasteiger partial charge in [-0.1, -0.05) is 12.8 Å². The van der Waals surface area contributed by atoms with Crippen LogP contribution in [0, 0.1) is 0 Å². The number of methoxy groups -OCH3 is 1. The SMILES string of the molecule is COCc1nc(CN2CCCC2)sc1CNC1CCCC1. The van der Waals surface area contributed by atoms with Gasteiger partial charge in [0.2, 0.25) is 0 Å². The molecular weight excluding hydrogens is 282 g/mol. The van der Waals surface area contributed by atoms with Crippen LogP contribution in [0.25, 0.3) is 0 Å². The molecule has 2 heterocycles. The minimum absolute atomic E-state index is 0.637. The van der Waals surface area contributed by atoms with Gasteiger partial charge in [0.1, 0.15) is 5.01 Å². The molecular formula is C16H27N3OS. The first-order valence-electron chi connectivity index (χ1n) is 8.27. The Morgan fingerprint density at radius 1 is 1.24 bits per heavy atom. The summed E-state index contributed by atoms with van der Waals surface area (Å²) in [4.78, 5) is 8.71. The number of ether oxygens (including phenoxy) is 1. The third-order valence-corrected chi connectivity index (χ3v) is 5.65. The van der Waals surface area contributed by atoms with Crippen LogP contribution >= 0.6 is 11.3 Å². The molecule has 1 aliphatic carbocycles. The van der Waals surface area contributed by atoms with Gasteiger partial charge >= 0.3 is 0 Å². The number of aromatic nitrogens is 1. The molecule has 1 aromatic rings. The molecule has 0 spiro atoms. The first-order valence-corrected chi connectivity index (χ1v) is 9.09. The summed E-state index contributed by atoms with van der Waals surface area (Å²) in [5.41, 5.74) is 1.14. The van der Waals surface area contributed by atoms with E-state index in [0.29, 0.717) is 12.6 Å². The molecule has 1 N–H and O–H groups in total. The highest BCUT2D eigenvalue weighted by Gasteiger charge is 2.18. The lowest BCUT2D eigenvalue weighted by Crippen LogP contribution is -2.25. The van der Waals surface area contributed by atoms with Crippen molar-refractivity contribution in [3.05, 3.63) is 15.6 Å². The smallest absolute Gasteiger partial charge is 0.107 e. The summed E-state index contributed by atoms with van der Waals surface area (Å²) >= 11 is 1.87. The van der Waals surface area contributed by atoms with E-state index in [1.165, 1.54) is 61.5 Å². The van der Waals surface area contributed by atoms with Crippen LogP contribution in [0.5, 0.6) is 0 Å². The number of thiazole rings is 1. The summed E-state index contributed by atoms with van der Waals surface area (Å²) in [5, 5.41) is 4.96. The van der Waals surface area contributed by atoms with E-state index in [-0.39, 0.29) is 0 Å². The Hall–Kier alpha value is -0.490. The molecule has 1 saturated heterocycles. The van der Waals surface area contributed by atoms with Crippen LogP contribution in [-0.4, -0.2) is 36.1 Å². The van der Waals surface area contributed by atoms with Gasteiger partial charge in [-0.15, -0.1) is 11.3 Å². The maximum atomic E-state index is 5.33. The van der Waals surface area contributed by atoms with Gasteiger partial charge in [-0.3, -0.25) is 4.90 Å². The van der Waals surface area contributed by atoms with Crippen LogP contribution in [0.2, 0.25) is 0 Å². The van der Waals surface area contributed by atoms with Crippen LogP contribution in [0.3, 0.4) is 0 Å². The minimum Gasteiger partial charge on any atom is -0.378 e. The zero-order valence-corrected chi connectivity index (χ0v) is 13.9. The fraction of sp³-hybridized carbons (Fsp3) is 0.812. The molecule has 2 fully saturated rings. The highest BCUT2D eigenvalue weighted by molar-refractivity contribution is 7.11. The van der Waals surface area contributed by atoms with Gasteiger partial charge in [-0.25, -0.2) is 4.98 Å². The largest absolute Gasteiger partial charge is 0.378 e. The Morgan fingerprint density at radius 3 is 2.71 bits per heavy atom. The zero-order valence-electron chi connectivity index (χ0n) is 13.1. The third kappa shape index (κ3) is 4.25. The van der Waals surface area contributed by atoms with E-state index < -0.39 is 0 Å². The Kier molecular flexibility index (Phi) is 5.63. The number of nitrogens with zero attached hydrogens (tertiary/aromatic N) is 2. The topological polar surface area (TPSA) is 37.4 Å².